The summed E-state index contributed by atoms with van der Waals surface area (Å²) in [5.74, 6) is 0.699. The first kappa shape index (κ1) is 20.7. The Kier molecular flexibility index (Phi) is 4.99. The van der Waals surface area contributed by atoms with E-state index in [1.165, 1.54) is 0 Å². The van der Waals surface area contributed by atoms with Gasteiger partial charge in [-0.3, -0.25) is 4.79 Å². The first-order chi connectivity index (χ1) is 17.2. The zero-order chi connectivity index (χ0) is 23.8. The maximum atomic E-state index is 12.9. The molecular formula is C26H20N8O. The quantitative estimate of drug-likeness (QED) is 0.311. The smallest absolute Gasteiger partial charge is 0.274 e. The van der Waals surface area contributed by atoms with Crippen molar-refractivity contribution in [2.24, 2.45) is 5.10 Å². The highest BCUT2D eigenvalue weighted by Crippen LogP contribution is 2.27. The van der Waals surface area contributed by atoms with Crippen LogP contribution in [0.1, 0.15) is 12.5 Å². The lowest BCUT2D eigenvalue weighted by Gasteiger charge is -2.06. The number of nitrogens with zero attached hydrogens (tertiary/aromatic N) is 7. The largest absolute Gasteiger partial charge is 0.314 e. The number of hydrogen-bond acceptors (Lipinski definition) is 6. The Morgan fingerprint density at radius 2 is 1.63 bits per heavy atom. The van der Waals surface area contributed by atoms with Gasteiger partial charge in [-0.15, -0.1) is 10.2 Å². The second kappa shape index (κ2) is 8.45. The molecule has 1 amide bonds. The van der Waals surface area contributed by atoms with Gasteiger partial charge in [-0.1, -0.05) is 78.9 Å². The molecule has 6 aromatic rings. The molecule has 0 fully saturated rings. The van der Waals surface area contributed by atoms with Gasteiger partial charge in [-0.2, -0.15) is 19.7 Å². The van der Waals surface area contributed by atoms with Gasteiger partial charge in [-0.25, -0.2) is 5.43 Å². The molecule has 0 saturated heterocycles. The fourth-order valence-corrected chi connectivity index (χ4v) is 4.11. The molecule has 9 heteroatoms. The Hall–Kier alpha value is -4.92. The van der Waals surface area contributed by atoms with E-state index in [9.17, 15) is 4.79 Å². The standard InChI is InChI=1S/C26H20N8O/c1-17(18-10-4-2-5-11-18)28-29-22(35)16-33-21-15-9-8-14-20(21)23-25(33)27-26-31-30-24(34(26)32-23)19-12-6-3-7-13-19/h2-15H,16H2,1H3,(H,29,35)/b28-17+. The van der Waals surface area contributed by atoms with Gasteiger partial charge in [0, 0.05) is 10.9 Å². The minimum absolute atomic E-state index is 0.0279. The number of hydrogen-bond donors (Lipinski definition) is 1. The van der Waals surface area contributed by atoms with Crippen molar-refractivity contribution < 1.29 is 4.79 Å². The summed E-state index contributed by atoms with van der Waals surface area (Å²) in [7, 11) is 0. The van der Waals surface area contributed by atoms with E-state index in [1.807, 2.05) is 96.4 Å². The molecule has 3 aromatic carbocycles. The molecule has 3 aromatic heterocycles. The number of nitrogens with one attached hydrogen (secondary N) is 1. The Labute approximate surface area is 199 Å². The molecule has 0 saturated carbocycles. The fraction of sp³-hybridized carbons (Fsp3) is 0.0769. The topological polar surface area (TPSA) is 102 Å². The molecule has 0 aliphatic heterocycles. The summed E-state index contributed by atoms with van der Waals surface area (Å²) < 4.78 is 3.47. The molecular weight excluding hydrogens is 440 g/mol. The number of benzene rings is 3. The van der Waals surface area contributed by atoms with Crippen molar-refractivity contribution >= 4 is 39.5 Å². The number of carbonyl (C=O) groups excluding carboxylic acids is 1. The van der Waals surface area contributed by atoms with Crippen LogP contribution in [0.3, 0.4) is 0 Å². The van der Waals surface area contributed by atoms with Gasteiger partial charge in [0.15, 0.2) is 11.5 Å². The van der Waals surface area contributed by atoms with Crippen LogP contribution in [0.15, 0.2) is 90.0 Å². The van der Waals surface area contributed by atoms with E-state index < -0.39 is 0 Å². The molecule has 6 rings (SSSR count). The summed E-state index contributed by atoms with van der Waals surface area (Å²) in [6, 6.07) is 27.2. The highest BCUT2D eigenvalue weighted by atomic mass is 16.2. The lowest BCUT2D eigenvalue weighted by molar-refractivity contribution is -0.121. The molecule has 0 aliphatic carbocycles. The summed E-state index contributed by atoms with van der Waals surface area (Å²) in [5.41, 5.74) is 7.29. The van der Waals surface area contributed by atoms with Crippen LogP contribution in [-0.2, 0) is 11.3 Å². The molecule has 0 bridgehead atoms. The van der Waals surface area contributed by atoms with Crippen LogP contribution in [0.25, 0.3) is 39.2 Å². The lowest BCUT2D eigenvalue weighted by Crippen LogP contribution is -2.24. The molecule has 0 atom stereocenters. The van der Waals surface area contributed by atoms with E-state index in [4.69, 9.17) is 10.1 Å². The number of rotatable bonds is 5. The van der Waals surface area contributed by atoms with Crippen molar-refractivity contribution in [2.75, 3.05) is 0 Å². The van der Waals surface area contributed by atoms with Crippen molar-refractivity contribution in [1.29, 1.82) is 0 Å². The van der Waals surface area contributed by atoms with E-state index in [1.54, 1.807) is 4.52 Å². The fourth-order valence-electron chi connectivity index (χ4n) is 4.11. The number of fused-ring (bicyclic) bond motifs is 4. The van der Waals surface area contributed by atoms with E-state index in [0.717, 1.165) is 27.7 Å². The number of amides is 1. The summed E-state index contributed by atoms with van der Waals surface area (Å²) >= 11 is 0. The van der Waals surface area contributed by atoms with Gasteiger partial charge in [0.05, 0.1) is 11.2 Å². The third-order valence-electron chi connectivity index (χ3n) is 5.82. The Bertz CT molecular complexity index is 1720. The third kappa shape index (κ3) is 3.68. The molecule has 0 radical (unpaired) electrons. The maximum Gasteiger partial charge on any atom is 0.274 e. The van der Waals surface area contributed by atoms with Crippen molar-refractivity contribution in [2.45, 2.75) is 13.5 Å². The van der Waals surface area contributed by atoms with Gasteiger partial charge in [0.1, 0.15) is 12.1 Å². The Balaban J connectivity index is 1.40. The predicted molar refractivity (Wildman–Crippen MR) is 134 cm³/mol. The van der Waals surface area contributed by atoms with Crippen LogP contribution in [0, 0.1) is 0 Å². The van der Waals surface area contributed by atoms with Crippen LogP contribution in [0.4, 0.5) is 0 Å². The summed E-state index contributed by atoms with van der Waals surface area (Å²) in [4.78, 5) is 17.6. The molecule has 0 aliphatic rings. The second-order valence-corrected chi connectivity index (χ2v) is 8.09. The van der Waals surface area contributed by atoms with Gasteiger partial charge in [0.2, 0.25) is 0 Å². The van der Waals surface area contributed by atoms with Crippen LogP contribution >= 0.6 is 0 Å². The van der Waals surface area contributed by atoms with E-state index >= 15 is 0 Å². The van der Waals surface area contributed by atoms with Crippen LogP contribution in [-0.4, -0.2) is 41.0 Å². The Morgan fingerprint density at radius 1 is 0.914 bits per heavy atom. The number of carbonyl (C=O) groups is 1. The Morgan fingerprint density at radius 3 is 2.43 bits per heavy atom. The first-order valence-corrected chi connectivity index (χ1v) is 11.1. The molecule has 1 N–H and O–H groups in total. The summed E-state index contributed by atoms with van der Waals surface area (Å²) in [6.45, 7) is 1.88. The van der Waals surface area contributed by atoms with Crippen LogP contribution in [0.2, 0.25) is 0 Å². The van der Waals surface area contributed by atoms with Crippen molar-refractivity contribution in [3.8, 4) is 11.4 Å². The van der Waals surface area contributed by atoms with Crippen molar-refractivity contribution in [3.05, 3.63) is 90.5 Å². The second-order valence-electron chi connectivity index (χ2n) is 8.09. The van der Waals surface area contributed by atoms with E-state index in [2.05, 4.69) is 20.7 Å². The minimum Gasteiger partial charge on any atom is -0.314 e. The average molecular weight is 461 g/mol. The average Bonchev–Trinajstić information content (AvgIpc) is 3.46. The monoisotopic (exact) mass is 460 g/mol. The summed E-state index contributed by atoms with van der Waals surface area (Å²) in [6.07, 6.45) is 0. The van der Waals surface area contributed by atoms with Gasteiger partial charge in [-0.05, 0) is 18.6 Å². The summed E-state index contributed by atoms with van der Waals surface area (Å²) in [5, 5.41) is 18.5. The van der Waals surface area contributed by atoms with Gasteiger partial charge in [0.25, 0.3) is 11.7 Å². The third-order valence-corrected chi connectivity index (χ3v) is 5.82. The number of hydrazone groups is 1. The number of aromatic nitrogens is 6. The SMILES string of the molecule is C/C(=N\NC(=O)Cn1c2ccccc2c2nn3c(-c4ccccc4)nnc3nc21)c1ccccc1. The molecule has 9 nitrogen and oxygen atoms in total. The van der Waals surface area contributed by atoms with Crippen LogP contribution in [0.5, 0.6) is 0 Å². The van der Waals surface area contributed by atoms with Gasteiger partial charge < -0.3 is 4.57 Å². The normalized spacial score (nSPS) is 12.0. The molecule has 170 valence electrons. The van der Waals surface area contributed by atoms with E-state index in [-0.39, 0.29) is 12.5 Å². The molecule has 35 heavy (non-hydrogen) atoms. The van der Waals surface area contributed by atoms with Gasteiger partial charge >= 0.3 is 0 Å². The zero-order valence-corrected chi connectivity index (χ0v) is 18.8. The maximum absolute atomic E-state index is 12.9. The van der Waals surface area contributed by atoms with Crippen LogP contribution < -0.4 is 5.43 Å². The molecule has 0 spiro atoms. The minimum atomic E-state index is -0.268. The van der Waals surface area contributed by atoms with Crippen molar-refractivity contribution in [3.63, 3.8) is 0 Å². The van der Waals surface area contributed by atoms with Crippen molar-refractivity contribution in [1.82, 2.24) is 34.8 Å². The highest BCUT2D eigenvalue weighted by Gasteiger charge is 2.19. The number of para-hydroxylation sites is 1. The molecule has 3 heterocycles. The first-order valence-electron chi connectivity index (χ1n) is 11.1. The lowest BCUT2D eigenvalue weighted by atomic mass is 10.1. The highest BCUT2D eigenvalue weighted by molar-refractivity contribution is 6.05. The zero-order valence-electron chi connectivity index (χ0n) is 18.8. The molecule has 0 unspecified atom stereocenters. The predicted octanol–water partition coefficient (Wildman–Crippen LogP) is 3.83. The van der Waals surface area contributed by atoms with E-state index in [0.29, 0.717) is 22.8 Å².